The van der Waals surface area contributed by atoms with Crippen molar-refractivity contribution in [1.29, 1.82) is 0 Å². The number of hydrogen-bond acceptors (Lipinski definition) is 6. The molecule has 0 saturated carbocycles. The largest absolute Gasteiger partial charge is 0.465 e. The first-order chi connectivity index (χ1) is 14.2. The third-order valence-electron chi connectivity index (χ3n) is 4.35. The monoisotopic (exact) mass is 429 g/mol. The van der Waals surface area contributed by atoms with Crippen molar-refractivity contribution in [3.8, 4) is 0 Å². The van der Waals surface area contributed by atoms with Crippen molar-refractivity contribution in [2.45, 2.75) is 39.1 Å². The highest BCUT2D eigenvalue weighted by Crippen LogP contribution is 2.24. The first-order valence-electron chi connectivity index (χ1n) is 9.23. The van der Waals surface area contributed by atoms with E-state index in [-0.39, 0.29) is 17.3 Å². The van der Waals surface area contributed by atoms with Gasteiger partial charge in [0.2, 0.25) is 15.9 Å². The summed E-state index contributed by atoms with van der Waals surface area (Å²) in [6.07, 6.45) is 3.32. The van der Waals surface area contributed by atoms with Gasteiger partial charge in [0.15, 0.2) is 5.76 Å². The van der Waals surface area contributed by atoms with Crippen LogP contribution in [0.4, 0.5) is 5.69 Å². The fraction of sp³-hybridized carbons (Fsp3) is 0.238. The summed E-state index contributed by atoms with van der Waals surface area (Å²) < 4.78 is 38.8. The van der Waals surface area contributed by atoms with Crippen molar-refractivity contribution in [1.82, 2.24) is 9.88 Å². The van der Waals surface area contributed by atoms with Crippen molar-refractivity contribution in [3.63, 3.8) is 0 Å². The summed E-state index contributed by atoms with van der Waals surface area (Å²) >= 11 is 0. The molecule has 1 amide bonds. The van der Waals surface area contributed by atoms with Gasteiger partial charge in [0.1, 0.15) is 22.9 Å². The smallest absolute Gasteiger partial charge is 0.241 e. The third-order valence-corrected chi connectivity index (χ3v) is 5.89. The quantitative estimate of drug-likeness (QED) is 0.590. The zero-order valence-electron chi connectivity index (χ0n) is 17.1. The van der Waals surface area contributed by atoms with Crippen LogP contribution in [0.5, 0.6) is 0 Å². The number of anilines is 1. The zero-order valence-corrected chi connectivity index (χ0v) is 18.0. The van der Waals surface area contributed by atoms with Crippen molar-refractivity contribution < 1.29 is 22.2 Å². The minimum absolute atomic E-state index is 0.0626. The van der Waals surface area contributed by atoms with Gasteiger partial charge in [-0.05, 0) is 56.2 Å². The lowest BCUT2D eigenvalue weighted by molar-refractivity contribution is -0.114. The number of amides is 1. The van der Waals surface area contributed by atoms with Gasteiger partial charge >= 0.3 is 0 Å². The second-order valence-electron chi connectivity index (χ2n) is 6.88. The van der Waals surface area contributed by atoms with Gasteiger partial charge in [-0.1, -0.05) is 23.4 Å². The predicted octanol–water partition coefficient (Wildman–Crippen LogP) is 3.80. The summed E-state index contributed by atoms with van der Waals surface area (Å²) in [5.41, 5.74) is 2.30. The minimum atomic E-state index is -3.74. The van der Waals surface area contributed by atoms with Crippen LogP contribution < -0.4 is 10.0 Å². The molecule has 30 heavy (non-hydrogen) atoms. The number of hydrogen-bond donors (Lipinski definition) is 2. The molecule has 9 heteroatoms. The van der Waals surface area contributed by atoms with E-state index < -0.39 is 10.0 Å². The molecule has 0 spiro atoms. The summed E-state index contributed by atoms with van der Waals surface area (Å²) in [7, 11) is -3.74. The number of sulfonamides is 1. The van der Waals surface area contributed by atoms with Crippen LogP contribution in [0, 0.1) is 20.8 Å². The molecular weight excluding hydrogens is 406 g/mol. The Hall–Kier alpha value is -3.17. The molecule has 158 valence electrons. The number of nitrogens with one attached hydrogen (secondary N) is 2. The van der Waals surface area contributed by atoms with E-state index >= 15 is 0 Å². The highest BCUT2D eigenvalue weighted by molar-refractivity contribution is 7.89. The normalized spacial score (nSPS) is 11.9. The molecule has 0 fully saturated rings. The van der Waals surface area contributed by atoms with Gasteiger partial charge in [0.25, 0.3) is 0 Å². The van der Waals surface area contributed by atoms with E-state index in [2.05, 4.69) is 15.2 Å². The molecule has 0 saturated heterocycles. The van der Waals surface area contributed by atoms with Gasteiger partial charge in [-0.3, -0.25) is 4.79 Å². The summed E-state index contributed by atoms with van der Waals surface area (Å²) in [5, 5.41) is 6.53. The second-order valence-corrected chi connectivity index (χ2v) is 8.62. The molecule has 0 unspecified atom stereocenters. The summed E-state index contributed by atoms with van der Waals surface area (Å²) in [5.74, 6) is 1.39. The fourth-order valence-corrected chi connectivity index (χ4v) is 4.11. The first kappa shape index (κ1) is 21.5. The molecule has 8 nitrogen and oxygen atoms in total. The number of carbonyl (C=O) groups is 1. The number of benzene rings is 1. The highest BCUT2D eigenvalue weighted by Gasteiger charge is 2.18. The Bertz CT molecular complexity index is 1210. The van der Waals surface area contributed by atoms with Crippen LogP contribution in [0.2, 0.25) is 0 Å². The van der Waals surface area contributed by atoms with Crippen LogP contribution in [0.15, 0.2) is 44.2 Å². The Labute approximate surface area is 175 Å². The lowest BCUT2D eigenvalue weighted by atomic mass is 10.1. The lowest BCUT2D eigenvalue weighted by Crippen LogP contribution is -2.23. The van der Waals surface area contributed by atoms with E-state index in [4.69, 9.17) is 8.94 Å². The molecule has 2 N–H and O–H groups in total. The van der Waals surface area contributed by atoms with Crippen LogP contribution in [-0.2, 0) is 21.4 Å². The van der Waals surface area contributed by atoms with Crippen LogP contribution in [0.1, 0.15) is 41.0 Å². The number of rotatable bonds is 7. The van der Waals surface area contributed by atoms with E-state index in [9.17, 15) is 13.2 Å². The number of carbonyl (C=O) groups excluding carboxylic acids is 1. The number of aromatic nitrogens is 1. The van der Waals surface area contributed by atoms with Crippen molar-refractivity contribution >= 4 is 33.8 Å². The van der Waals surface area contributed by atoms with Gasteiger partial charge in [-0.2, -0.15) is 0 Å². The standard InChI is InChI=1S/C21H23N3O5S/c1-13-5-7-17(8-10-19-21(23-16(4)25)15(3)24-29-19)11-20(13)30(26,27)22-12-18-9-6-14(2)28-18/h5-11,22H,12H2,1-4H3,(H,23,25). The zero-order chi connectivity index (χ0) is 21.9. The molecule has 2 aromatic heterocycles. The fourth-order valence-electron chi connectivity index (χ4n) is 2.83. The second kappa shape index (κ2) is 8.68. The number of aryl methyl sites for hydroxylation is 3. The summed E-state index contributed by atoms with van der Waals surface area (Å²) in [6.45, 7) is 6.70. The predicted molar refractivity (Wildman–Crippen MR) is 113 cm³/mol. The Kier molecular flexibility index (Phi) is 6.23. The first-order valence-corrected chi connectivity index (χ1v) is 10.7. The highest BCUT2D eigenvalue weighted by atomic mass is 32.2. The summed E-state index contributed by atoms with van der Waals surface area (Å²) in [4.78, 5) is 11.5. The van der Waals surface area contributed by atoms with E-state index in [1.807, 2.05) is 0 Å². The molecule has 0 aliphatic heterocycles. The van der Waals surface area contributed by atoms with Gasteiger partial charge in [-0.15, -0.1) is 0 Å². The minimum Gasteiger partial charge on any atom is -0.465 e. The van der Waals surface area contributed by atoms with E-state index in [1.54, 1.807) is 63.3 Å². The molecule has 1 aromatic carbocycles. The van der Waals surface area contributed by atoms with Crippen LogP contribution in [0.25, 0.3) is 12.2 Å². The Balaban J connectivity index is 1.83. The molecule has 2 heterocycles. The maximum atomic E-state index is 12.8. The topological polar surface area (TPSA) is 114 Å². The summed E-state index contributed by atoms with van der Waals surface area (Å²) in [6, 6.07) is 8.60. The lowest BCUT2D eigenvalue weighted by Gasteiger charge is -2.09. The van der Waals surface area contributed by atoms with Gasteiger partial charge in [0.05, 0.1) is 11.4 Å². The SMILES string of the molecule is CC(=O)Nc1c(C)noc1C=Cc1ccc(C)c(S(=O)(=O)NCc2ccc(C)o2)c1. The van der Waals surface area contributed by atoms with Crippen molar-refractivity contribution in [3.05, 3.63) is 64.4 Å². The number of furan rings is 1. The molecule has 0 bridgehead atoms. The van der Waals surface area contributed by atoms with Gasteiger partial charge in [-0.25, -0.2) is 13.1 Å². The molecule has 0 atom stereocenters. The Morgan fingerprint density at radius 1 is 1.13 bits per heavy atom. The van der Waals surface area contributed by atoms with Crippen molar-refractivity contribution in [2.75, 3.05) is 5.32 Å². The molecule has 0 aliphatic carbocycles. The average Bonchev–Trinajstić information content (AvgIpc) is 3.25. The maximum Gasteiger partial charge on any atom is 0.241 e. The molecule has 0 aliphatic rings. The number of nitrogens with zero attached hydrogens (tertiary/aromatic N) is 1. The average molecular weight is 429 g/mol. The maximum absolute atomic E-state index is 12.8. The van der Waals surface area contributed by atoms with Crippen molar-refractivity contribution in [2.24, 2.45) is 0 Å². The van der Waals surface area contributed by atoms with Crippen LogP contribution >= 0.6 is 0 Å². The third kappa shape index (κ3) is 5.05. The molecule has 0 radical (unpaired) electrons. The van der Waals surface area contributed by atoms with Gasteiger partial charge < -0.3 is 14.3 Å². The van der Waals surface area contributed by atoms with Crippen LogP contribution in [0.3, 0.4) is 0 Å². The molecular formula is C21H23N3O5S. The van der Waals surface area contributed by atoms with E-state index in [0.717, 1.165) is 0 Å². The van der Waals surface area contributed by atoms with E-state index in [0.29, 0.717) is 39.8 Å². The Morgan fingerprint density at radius 3 is 2.57 bits per heavy atom. The molecule has 3 aromatic rings. The Morgan fingerprint density at radius 2 is 1.90 bits per heavy atom. The van der Waals surface area contributed by atoms with Crippen LogP contribution in [-0.4, -0.2) is 19.5 Å². The van der Waals surface area contributed by atoms with Gasteiger partial charge in [0, 0.05) is 6.92 Å². The van der Waals surface area contributed by atoms with E-state index in [1.165, 1.54) is 6.92 Å². The molecule has 3 rings (SSSR count).